The summed E-state index contributed by atoms with van der Waals surface area (Å²) in [6, 6.07) is 5.83. The van der Waals surface area contributed by atoms with E-state index in [0.29, 0.717) is 6.04 Å². The average molecular weight is 263 g/mol. The van der Waals surface area contributed by atoms with E-state index in [2.05, 4.69) is 12.2 Å². The lowest BCUT2D eigenvalue weighted by molar-refractivity contribution is 0.422. The number of hydrogen-bond acceptors (Lipinski definition) is 1. The summed E-state index contributed by atoms with van der Waals surface area (Å²) in [5, 5.41) is 3.55. The molecular formula is C17H26FN. The third-order valence-corrected chi connectivity index (χ3v) is 4.41. The molecular weight excluding hydrogens is 237 g/mol. The predicted octanol–water partition coefficient (Wildman–Crippen LogP) is 5.30. The molecule has 0 aromatic heterocycles. The lowest BCUT2D eigenvalue weighted by atomic mass is 9.95. The Balaban J connectivity index is 1.94. The van der Waals surface area contributed by atoms with Crippen LogP contribution in [0.3, 0.4) is 0 Å². The van der Waals surface area contributed by atoms with Crippen LogP contribution in [-0.2, 0) is 0 Å². The summed E-state index contributed by atoms with van der Waals surface area (Å²) in [5.41, 5.74) is 1.72. The number of hydrogen-bond donors (Lipinski definition) is 1. The zero-order chi connectivity index (χ0) is 13.7. The van der Waals surface area contributed by atoms with Crippen molar-refractivity contribution in [2.24, 2.45) is 5.92 Å². The normalized spacial score (nSPS) is 23.9. The van der Waals surface area contributed by atoms with Gasteiger partial charge in [0.25, 0.3) is 0 Å². The predicted molar refractivity (Wildman–Crippen MR) is 80.0 cm³/mol. The van der Waals surface area contributed by atoms with E-state index in [1.807, 2.05) is 13.0 Å². The molecule has 0 bridgehead atoms. The fourth-order valence-electron chi connectivity index (χ4n) is 3.20. The van der Waals surface area contributed by atoms with Gasteiger partial charge in [0.1, 0.15) is 5.82 Å². The molecule has 0 saturated heterocycles. The second-order valence-corrected chi connectivity index (χ2v) is 5.92. The molecule has 1 nitrogen and oxygen atoms in total. The SMILES string of the molecule is CCCC1CCCC(Nc2cccc(F)c2C)CC1. The molecule has 19 heavy (non-hydrogen) atoms. The number of benzene rings is 1. The highest BCUT2D eigenvalue weighted by Gasteiger charge is 2.18. The molecule has 1 saturated carbocycles. The maximum absolute atomic E-state index is 13.5. The van der Waals surface area contributed by atoms with Gasteiger partial charge in [-0.25, -0.2) is 4.39 Å². The van der Waals surface area contributed by atoms with Crippen molar-refractivity contribution in [3.63, 3.8) is 0 Å². The molecule has 0 amide bonds. The van der Waals surface area contributed by atoms with Crippen molar-refractivity contribution in [2.75, 3.05) is 5.32 Å². The van der Waals surface area contributed by atoms with Crippen molar-refractivity contribution < 1.29 is 4.39 Å². The quantitative estimate of drug-likeness (QED) is 0.727. The van der Waals surface area contributed by atoms with Gasteiger partial charge in [-0.3, -0.25) is 0 Å². The molecule has 2 rings (SSSR count). The maximum atomic E-state index is 13.5. The monoisotopic (exact) mass is 263 g/mol. The second kappa shape index (κ2) is 6.93. The molecule has 1 fully saturated rings. The number of rotatable bonds is 4. The van der Waals surface area contributed by atoms with Crippen LogP contribution in [0.25, 0.3) is 0 Å². The van der Waals surface area contributed by atoms with Crippen molar-refractivity contribution >= 4 is 5.69 Å². The summed E-state index contributed by atoms with van der Waals surface area (Å²) in [6.07, 6.45) is 9.10. The lowest BCUT2D eigenvalue weighted by Crippen LogP contribution is -2.19. The summed E-state index contributed by atoms with van der Waals surface area (Å²) in [5.74, 6) is 0.799. The van der Waals surface area contributed by atoms with Gasteiger partial charge in [0.15, 0.2) is 0 Å². The van der Waals surface area contributed by atoms with Gasteiger partial charge in [0, 0.05) is 17.3 Å². The minimum atomic E-state index is -0.109. The van der Waals surface area contributed by atoms with Gasteiger partial charge in [-0.05, 0) is 44.2 Å². The van der Waals surface area contributed by atoms with Crippen LogP contribution in [0, 0.1) is 18.7 Å². The molecule has 1 aromatic rings. The third kappa shape index (κ3) is 3.95. The summed E-state index contributed by atoms with van der Waals surface area (Å²) in [6.45, 7) is 4.13. The van der Waals surface area contributed by atoms with Crippen molar-refractivity contribution in [3.8, 4) is 0 Å². The molecule has 106 valence electrons. The molecule has 1 N–H and O–H groups in total. The Labute approximate surface area is 116 Å². The summed E-state index contributed by atoms with van der Waals surface area (Å²) >= 11 is 0. The summed E-state index contributed by atoms with van der Waals surface area (Å²) in [4.78, 5) is 0. The third-order valence-electron chi connectivity index (χ3n) is 4.41. The second-order valence-electron chi connectivity index (χ2n) is 5.92. The average Bonchev–Trinajstić information content (AvgIpc) is 2.61. The van der Waals surface area contributed by atoms with Gasteiger partial charge in [-0.1, -0.05) is 38.7 Å². The van der Waals surface area contributed by atoms with Gasteiger partial charge >= 0.3 is 0 Å². The van der Waals surface area contributed by atoms with Crippen molar-refractivity contribution in [2.45, 2.75) is 64.8 Å². The summed E-state index contributed by atoms with van der Waals surface area (Å²) in [7, 11) is 0. The van der Waals surface area contributed by atoms with Crippen LogP contribution in [0.5, 0.6) is 0 Å². The van der Waals surface area contributed by atoms with Gasteiger partial charge in [-0.15, -0.1) is 0 Å². The van der Waals surface area contributed by atoms with Gasteiger partial charge in [-0.2, -0.15) is 0 Å². The minimum absolute atomic E-state index is 0.109. The highest BCUT2D eigenvalue weighted by atomic mass is 19.1. The number of halogens is 1. The molecule has 1 aromatic carbocycles. The van der Waals surface area contributed by atoms with E-state index in [-0.39, 0.29) is 5.82 Å². The van der Waals surface area contributed by atoms with E-state index >= 15 is 0 Å². The van der Waals surface area contributed by atoms with Crippen LogP contribution in [0.2, 0.25) is 0 Å². The van der Waals surface area contributed by atoms with E-state index in [9.17, 15) is 4.39 Å². The first-order valence-electron chi connectivity index (χ1n) is 7.72. The fraction of sp³-hybridized carbons (Fsp3) is 0.647. The van der Waals surface area contributed by atoms with Crippen molar-refractivity contribution in [3.05, 3.63) is 29.6 Å². The lowest BCUT2D eigenvalue weighted by Gasteiger charge is -2.19. The molecule has 2 heteroatoms. The Morgan fingerprint density at radius 1 is 1.21 bits per heavy atom. The van der Waals surface area contributed by atoms with Crippen molar-refractivity contribution in [1.29, 1.82) is 0 Å². The highest BCUT2D eigenvalue weighted by Crippen LogP contribution is 2.29. The zero-order valence-electron chi connectivity index (χ0n) is 12.2. The molecule has 1 aliphatic carbocycles. The van der Waals surface area contributed by atoms with E-state index in [1.54, 1.807) is 6.07 Å². The van der Waals surface area contributed by atoms with Crippen molar-refractivity contribution in [1.82, 2.24) is 0 Å². The molecule has 1 aliphatic rings. The van der Waals surface area contributed by atoms with Gasteiger partial charge in [0.2, 0.25) is 0 Å². The van der Waals surface area contributed by atoms with Gasteiger partial charge in [0.05, 0.1) is 0 Å². The van der Waals surface area contributed by atoms with Gasteiger partial charge < -0.3 is 5.32 Å². The topological polar surface area (TPSA) is 12.0 Å². The van der Waals surface area contributed by atoms with Crippen LogP contribution in [-0.4, -0.2) is 6.04 Å². The Bertz CT molecular complexity index is 402. The molecule has 0 heterocycles. The van der Waals surface area contributed by atoms with Crippen LogP contribution < -0.4 is 5.32 Å². The van der Waals surface area contributed by atoms with Crippen LogP contribution in [0.15, 0.2) is 18.2 Å². The zero-order valence-corrected chi connectivity index (χ0v) is 12.2. The highest BCUT2D eigenvalue weighted by molar-refractivity contribution is 5.51. The number of anilines is 1. The number of nitrogens with one attached hydrogen (secondary N) is 1. The maximum Gasteiger partial charge on any atom is 0.128 e. The van der Waals surface area contributed by atoms with E-state index < -0.39 is 0 Å². The summed E-state index contributed by atoms with van der Waals surface area (Å²) < 4.78 is 13.5. The first kappa shape index (κ1) is 14.4. The molecule has 0 radical (unpaired) electrons. The molecule has 2 unspecified atom stereocenters. The molecule has 2 atom stereocenters. The Kier molecular flexibility index (Phi) is 5.24. The van der Waals surface area contributed by atoms with Crippen LogP contribution >= 0.6 is 0 Å². The van der Waals surface area contributed by atoms with E-state index in [1.165, 1.54) is 51.0 Å². The largest absolute Gasteiger partial charge is 0.382 e. The van der Waals surface area contributed by atoms with E-state index in [0.717, 1.165) is 17.2 Å². The molecule has 0 spiro atoms. The Hall–Kier alpha value is -1.05. The first-order chi connectivity index (χ1) is 9.20. The first-order valence-corrected chi connectivity index (χ1v) is 7.72. The Morgan fingerprint density at radius 3 is 2.84 bits per heavy atom. The van der Waals surface area contributed by atoms with E-state index in [4.69, 9.17) is 0 Å². The van der Waals surface area contributed by atoms with Crippen LogP contribution in [0.4, 0.5) is 10.1 Å². The molecule has 0 aliphatic heterocycles. The standard InChI is InChI=1S/C17H26FN/c1-3-6-14-7-4-8-15(12-11-14)19-17-10-5-9-16(18)13(17)2/h5,9-10,14-15,19H,3-4,6-8,11-12H2,1-2H3. The Morgan fingerprint density at radius 2 is 2.05 bits per heavy atom. The van der Waals surface area contributed by atoms with Crippen LogP contribution in [0.1, 0.15) is 57.4 Å². The minimum Gasteiger partial charge on any atom is -0.382 e. The smallest absolute Gasteiger partial charge is 0.128 e. The fourth-order valence-corrected chi connectivity index (χ4v) is 3.20.